The number of hydrogen-bond donors (Lipinski definition) is 3. The van der Waals surface area contributed by atoms with Crippen molar-refractivity contribution in [2.75, 3.05) is 12.3 Å². The maximum Gasteiger partial charge on any atom is 0.310 e. The molecule has 9 heteroatoms. The molecule has 1 aliphatic heterocycles. The lowest BCUT2D eigenvalue weighted by atomic mass is 10.0. The molecule has 4 N–H and O–H groups in total. The molecule has 1 aliphatic rings. The van der Waals surface area contributed by atoms with Crippen molar-refractivity contribution in [3.63, 3.8) is 0 Å². The molecule has 0 radical (unpaired) electrons. The molecule has 4 rings (SSSR count). The topological polar surface area (TPSA) is 138 Å². The predicted molar refractivity (Wildman–Crippen MR) is 107 cm³/mol. The molecule has 2 aromatic carbocycles. The Labute approximate surface area is 165 Å². The summed E-state index contributed by atoms with van der Waals surface area (Å²) in [5, 5.41) is 20.6. The van der Waals surface area contributed by atoms with Crippen LogP contribution in [0.2, 0.25) is 0 Å². The Morgan fingerprint density at radius 1 is 1.24 bits per heavy atom. The van der Waals surface area contributed by atoms with E-state index in [1.807, 2.05) is 17.0 Å². The van der Waals surface area contributed by atoms with Crippen molar-refractivity contribution in [2.45, 2.75) is 19.5 Å². The number of rotatable bonds is 4. The van der Waals surface area contributed by atoms with Crippen molar-refractivity contribution in [3.8, 4) is 17.1 Å². The van der Waals surface area contributed by atoms with Crippen LogP contribution >= 0.6 is 0 Å². The van der Waals surface area contributed by atoms with Crippen molar-refractivity contribution in [2.24, 2.45) is 0 Å². The highest BCUT2D eigenvalue weighted by molar-refractivity contribution is 5.58. The minimum Gasteiger partial charge on any atom is -0.502 e. The number of anilines is 1. The molecule has 9 nitrogen and oxygen atoms in total. The first kappa shape index (κ1) is 18.6. The fourth-order valence-electron chi connectivity index (χ4n) is 3.47. The zero-order valence-corrected chi connectivity index (χ0v) is 15.5. The van der Waals surface area contributed by atoms with Crippen LogP contribution in [0.1, 0.15) is 16.8 Å². The third-order valence-corrected chi connectivity index (χ3v) is 4.97. The number of aromatic hydroxyl groups is 1. The molecule has 3 aromatic rings. The second-order valence-corrected chi connectivity index (χ2v) is 7.00. The maximum absolute atomic E-state index is 12.6. The van der Waals surface area contributed by atoms with Gasteiger partial charge in [-0.3, -0.25) is 19.8 Å². The molecular weight excluding hydrogens is 374 g/mol. The SMILES string of the molecule is Nc1ccc(-c2nc3c(c(=O)[nH]2)CN(Cc2ccc([N+](=O)[O-])c(O)c2)CC3)cc1. The van der Waals surface area contributed by atoms with Gasteiger partial charge in [-0.2, -0.15) is 0 Å². The van der Waals surface area contributed by atoms with Crippen LogP contribution in [0.5, 0.6) is 5.75 Å². The van der Waals surface area contributed by atoms with Crippen LogP contribution in [0.4, 0.5) is 11.4 Å². The molecule has 0 atom stereocenters. The number of phenolic OH excluding ortho intramolecular Hbond substituents is 1. The van der Waals surface area contributed by atoms with Crippen molar-refractivity contribution >= 4 is 11.4 Å². The van der Waals surface area contributed by atoms with Gasteiger partial charge >= 0.3 is 5.69 Å². The second kappa shape index (κ2) is 7.36. The number of nitrogens with one attached hydrogen (secondary N) is 1. The summed E-state index contributed by atoms with van der Waals surface area (Å²) in [6.45, 7) is 1.56. The van der Waals surface area contributed by atoms with Gasteiger partial charge in [0.05, 0.1) is 16.2 Å². The van der Waals surface area contributed by atoms with E-state index in [1.54, 1.807) is 18.2 Å². The number of benzene rings is 2. The van der Waals surface area contributed by atoms with Crippen molar-refractivity contribution in [3.05, 3.63) is 79.8 Å². The maximum atomic E-state index is 12.6. The minimum atomic E-state index is -0.625. The molecule has 2 heterocycles. The van der Waals surface area contributed by atoms with Gasteiger partial charge in [0, 0.05) is 43.4 Å². The van der Waals surface area contributed by atoms with Crippen LogP contribution in [0.15, 0.2) is 47.3 Å². The third-order valence-electron chi connectivity index (χ3n) is 4.97. The number of nitrogens with zero attached hydrogens (tertiary/aromatic N) is 3. The van der Waals surface area contributed by atoms with Crippen LogP contribution in [0, 0.1) is 10.1 Å². The van der Waals surface area contributed by atoms with Gasteiger partial charge in [0.25, 0.3) is 5.56 Å². The molecule has 0 fully saturated rings. The highest BCUT2D eigenvalue weighted by atomic mass is 16.6. The smallest absolute Gasteiger partial charge is 0.310 e. The number of nitrogen functional groups attached to an aromatic ring is 1. The number of phenols is 1. The normalized spacial score (nSPS) is 13.8. The highest BCUT2D eigenvalue weighted by Crippen LogP contribution is 2.27. The van der Waals surface area contributed by atoms with E-state index in [0.717, 1.165) is 16.8 Å². The highest BCUT2D eigenvalue weighted by Gasteiger charge is 2.22. The number of H-pyrrole nitrogens is 1. The van der Waals surface area contributed by atoms with E-state index in [0.29, 0.717) is 43.1 Å². The van der Waals surface area contributed by atoms with Crippen LogP contribution < -0.4 is 11.3 Å². The summed E-state index contributed by atoms with van der Waals surface area (Å²) in [5.41, 5.74) is 8.75. The molecule has 0 bridgehead atoms. The Kier molecular flexibility index (Phi) is 4.73. The molecule has 0 unspecified atom stereocenters. The van der Waals surface area contributed by atoms with Crippen LogP contribution in [-0.4, -0.2) is 31.4 Å². The third kappa shape index (κ3) is 3.81. The van der Waals surface area contributed by atoms with E-state index in [9.17, 15) is 20.0 Å². The summed E-state index contributed by atoms with van der Waals surface area (Å²) in [4.78, 5) is 32.3. The zero-order valence-electron chi connectivity index (χ0n) is 15.5. The molecule has 0 amide bonds. The van der Waals surface area contributed by atoms with Crippen molar-refractivity contribution in [1.29, 1.82) is 0 Å². The van der Waals surface area contributed by atoms with Gasteiger partial charge in [0.15, 0.2) is 5.75 Å². The van der Waals surface area contributed by atoms with E-state index >= 15 is 0 Å². The molecular formula is C20H19N5O4. The fraction of sp³-hybridized carbons (Fsp3) is 0.200. The van der Waals surface area contributed by atoms with Gasteiger partial charge in [0.2, 0.25) is 0 Å². The number of fused-ring (bicyclic) bond motifs is 1. The average Bonchev–Trinajstić information content (AvgIpc) is 2.68. The largest absolute Gasteiger partial charge is 0.502 e. The van der Waals surface area contributed by atoms with Crippen molar-refractivity contribution in [1.82, 2.24) is 14.9 Å². The number of aromatic nitrogens is 2. The number of nitro groups is 1. The van der Waals surface area contributed by atoms with Crippen molar-refractivity contribution < 1.29 is 10.0 Å². The van der Waals surface area contributed by atoms with E-state index in [-0.39, 0.29) is 17.0 Å². The number of nitro benzene ring substituents is 1. The molecule has 29 heavy (non-hydrogen) atoms. The van der Waals surface area contributed by atoms with Gasteiger partial charge in [-0.25, -0.2) is 4.98 Å². The average molecular weight is 393 g/mol. The minimum absolute atomic E-state index is 0.182. The first-order chi connectivity index (χ1) is 13.9. The lowest BCUT2D eigenvalue weighted by Crippen LogP contribution is -2.35. The standard InChI is InChI=1S/C20H19N5O4/c21-14-4-2-13(3-5-14)19-22-16-7-8-24(11-15(16)20(27)23-19)10-12-1-6-17(25(28)29)18(26)9-12/h1-6,9,26H,7-8,10-11,21H2,(H,22,23,27). The Balaban J connectivity index is 1.54. The number of hydrogen-bond acceptors (Lipinski definition) is 7. The van der Waals surface area contributed by atoms with Crippen LogP contribution in [0.3, 0.4) is 0 Å². The zero-order chi connectivity index (χ0) is 20.5. The Morgan fingerprint density at radius 3 is 2.69 bits per heavy atom. The first-order valence-corrected chi connectivity index (χ1v) is 9.07. The summed E-state index contributed by atoms with van der Waals surface area (Å²) in [5.74, 6) is 0.153. The summed E-state index contributed by atoms with van der Waals surface area (Å²) in [7, 11) is 0. The fourth-order valence-corrected chi connectivity index (χ4v) is 3.47. The lowest BCUT2D eigenvalue weighted by Gasteiger charge is -2.27. The predicted octanol–water partition coefficient (Wildman–Crippen LogP) is 2.19. The van der Waals surface area contributed by atoms with Crippen LogP contribution in [-0.2, 0) is 19.5 Å². The van der Waals surface area contributed by atoms with E-state index < -0.39 is 4.92 Å². The van der Waals surface area contributed by atoms with Gasteiger partial charge in [-0.15, -0.1) is 0 Å². The van der Waals surface area contributed by atoms with Crippen LogP contribution in [0.25, 0.3) is 11.4 Å². The van der Waals surface area contributed by atoms with E-state index in [1.165, 1.54) is 12.1 Å². The summed E-state index contributed by atoms with van der Waals surface area (Å²) < 4.78 is 0. The molecule has 0 saturated carbocycles. The Bertz CT molecular complexity index is 1140. The molecule has 0 saturated heterocycles. The van der Waals surface area contributed by atoms with Gasteiger partial charge in [-0.05, 0) is 35.9 Å². The Morgan fingerprint density at radius 2 is 2.00 bits per heavy atom. The monoisotopic (exact) mass is 393 g/mol. The first-order valence-electron chi connectivity index (χ1n) is 9.07. The number of nitrogens with two attached hydrogens (primary N) is 1. The molecule has 0 spiro atoms. The van der Waals surface area contributed by atoms with Gasteiger partial charge < -0.3 is 15.8 Å². The van der Waals surface area contributed by atoms with E-state index in [4.69, 9.17) is 5.73 Å². The van der Waals surface area contributed by atoms with E-state index in [2.05, 4.69) is 9.97 Å². The summed E-state index contributed by atoms with van der Waals surface area (Å²) >= 11 is 0. The number of aromatic amines is 1. The second-order valence-electron chi connectivity index (χ2n) is 7.00. The molecule has 1 aromatic heterocycles. The lowest BCUT2D eigenvalue weighted by molar-refractivity contribution is -0.385. The Hall–Kier alpha value is -3.72. The summed E-state index contributed by atoms with van der Waals surface area (Å²) in [6.07, 6.45) is 0.611. The quantitative estimate of drug-likeness (QED) is 0.351. The molecule has 0 aliphatic carbocycles. The summed E-state index contributed by atoms with van der Waals surface area (Å²) in [6, 6.07) is 11.4. The molecule has 148 valence electrons. The van der Waals surface area contributed by atoms with Gasteiger partial charge in [-0.1, -0.05) is 6.07 Å². The van der Waals surface area contributed by atoms with Gasteiger partial charge in [0.1, 0.15) is 5.82 Å².